The summed E-state index contributed by atoms with van der Waals surface area (Å²) in [5, 5.41) is 3.22. The molecule has 2 aromatic carbocycles. The number of ether oxygens (including phenoxy) is 3. The zero-order valence-corrected chi connectivity index (χ0v) is 16.9. The van der Waals surface area contributed by atoms with Gasteiger partial charge in [-0.15, -0.1) is 11.3 Å². The fourth-order valence-electron chi connectivity index (χ4n) is 2.52. The van der Waals surface area contributed by atoms with Crippen molar-refractivity contribution in [1.82, 2.24) is 4.98 Å². The lowest BCUT2D eigenvalue weighted by atomic mass is 10.2. The highest BCUT2D eigenvalue weighted by Gasteiger charge is 2.15. The molecular weight excluding hydrogens is 398 g/mol. The van der Waals surface area contributed by atoms with E-state index in [1.807, 2.05) is 35.7 Å². The second-order valence-electron chi connectivity index (χ2n) is 5.68. The number of esters is 1. The normalized spacial score (nSPS) is 10.8. The van der Waals surface area contributed by atoms with E-state index in [-0.39, 0.29) is 6.61 Å². The van der Waals surface area contributed by atoms with Gasteiger partial charge < -0.3 is 14.2 Å². The molecule has 0 saturated heterocycles. The topological polar surface area (TPSA) is 57.7 Å². The minimum atomic E-state index is -0.450. The summed E-state index contributed by atoms with van der Waals surface area (Å²) in [5.74, 6) is 0.801. The first-order valence-electron chi connectivity index (χ1n) is 8.37. The summed E-state index contributed by atoms with van der Waals surface area (Å²) in [6, 6.07) is 12.8. The molecule has 0 fully saturated rings. The van der Waals surface area contributed by atoms with Gasteiger partial charge in [-0.1, -0.05) is 29.8 Å². The van der Waals surface area contributed by atoms with Gasteiger partial charge in [-0.2, -0.15) is 0 Å². The average molecular weight is 416 g/mol. The summed E-state index contributed by atoms with van der Waals surface area (Å²) in [5.41, 5.74) is 2.31. The fraction of sp³-hybridized carbons (Fsp3) is 0.143. The number of rotatable bonds is 7. The first kappa shape index (κ1) is 19.9. The van der Waals surface area contributed by atoms with Gasteiger partial charge in [0.15, 0.2) is 11.5 Å². The summed E-state index contributed by atoms with van der Waals surface area (Å²) >= 11 is 7.37. The molecule has 3 aromatic rings. The van der Waals surface area contributed by atoms with Crippen LogP contribution in [0, 0.1) is 0 Å². The molecule has 0 saturated carbocycles. The van der Waals surface area contributed by atoms with E-state index in [0.29, 0.717) is 22.2 Å². The van der Waals surface area contributed by atoms with Crippen molar-refractivity contribution >= 4 is 35.0 Å². The third-order valence-electron chi connectivity index (χ3n) is 3.81. The highest BCUT2D eigenvalue weighted by molar-refractivity contribution is 7.13. The maximum atomic E-state index is 11.9. The largest absolute Gasteiger partial charge is 0.493 e. The molecule has 3 rings (SSSR count). The zero-order valence-electron chi connectivity index (χ0n) is 15.3. The van der Waals surface area contributed by atoms with Crippen LogP contribution in [0.4, 0.5) is 0 Å². The molecule has 0 unspecified atom stereocenters. The second kappa shape index (κ2) is 9.39. The number of carbonyl (C=O) groups is 1. The number of methoxy groups -OCH3 is 2. The molecule has 0 aliphatic heterocycles. The van der Waals surface area contributed by atoms with Crippen molar-refractivity contribution in [3.8, 4) is 22.1 Å². The van der Waals surface area contributed by atoms with E-state index in [9.17, 15) is 4.79 Å². The number of halogens is 1. The first-order chi connectivity index (χ1) is 13.6. The van der Waals surface area contributed by atoms with Crippen LogP contribution in [-0.2, 0) is 16.1 Å². The Labute approximate surface area is 172 Å². The number of thiazole rings is 1. The Morgan fingerprint density at radius 1 is 1.18 bits per heavy atom. The van der Waals surface area contributed by atoms with Gasteiger partial charge >= 0.3 is 5.97 Å². The van der Waals surface area contributed by atoms with Gasteiger partial charge in [0, 0.05) is 16.5 Å². The number of benzene rings is 2. The third kappa shape index (κ3) is 4.91. The molecule has 28 heavy (non-hydrogen) atoms. The van der Waals surface area contributed by atoms with Crippen molar-refractivity contribution in [2.45, 2.75) is 6.61 Å². The van der Waals surface area contributed by atoms with Gasteiger partial charge in [-0.3, -0.25) is 0 Å². The monoisotopic (exact) mass is 415 g/mol. The van der Waals surface area contributed by atoms with E-state index in [4.69, 9.17) is 25.8 Å². The van der Waals surface area contributed by atoms with Gasteiger partial charge in [0.05, 0.1) is 25.5 Å². The fourth-order valence-corrected chi connectivity index (χ4v) is 3.55. The smallest absolute Gasteiger partial charge is 0.331 e. The Bertz CT molecular complexity index is 1000. The van der Waals surface area contributed by atoms with Crippen LogP contribution < -0.4 is 9.47 Å². The van der Waals surface area contributed by atoms with E-state index in [1.165, 1.54) is 17.4 Å². The zero-order chi connectivity index (χ0) is 19.9. The molecule has 1 aromatic heterocycles. The SMILES string of the molecule is COc1cccc(-c2nc(COC(=O)/C=C/c3cccc(Cl)c3)cs2)c1OC. The van der Waals surface area contributed by atoms with Crippen LogP contribution in [0.25, 0.3) is 16.6 Å². The molecular formula is C21H18ClNO4S. The Morgan fingerprint density at radius 3 is 2.75 bits per heavy atom. The summed E-state index contributed by atoms with van der Waals surface area (Å²) in [6.07, 6.45) is 3.02. The van der Waals surface area contributed by atoms with Gasteiger partial charge in [0.25, 0.3) is 0 Å². The molecule has 7 heteroatoms. The Hall–Kier alpha value is -2.83. The molecule has 0 N–H and O–H groups in total. The van der Waals surface area contributed by atoms with Crippen molar-refractivity contribution in [2.24, 2.45) is 0 Å². The van der Waals surface area contributed by atoms with E-state index in [1.54, 1.807) is 32.4 Å². The summed E-state index contributed by atoms with van der Waals surface area (Å²) in [4.78, 5) is 16.5. The van der Waals surface area contributed by atoms with Crippen molar-refractivity contribution in [1.29, 1.82) is 0 Å². The summed E-state index contributed by atoms with van der Waals surface area (Å²) in [6.45, 7) is 0.0848. The van der Waals surface area contributed by atoms with Gasteiger partial charge in [-0.05, 0) is 35.9 Å². The lowest BCUT2D eigenvalue weighted by Crippen LogP contribution is -2.01. The third-order valence-corrected chi connectivity index (χ3v) is 4.97. The lowest BCUT2D eigenvalue weighted by molar-refractivity contribution is -0.139. The summed E-state index contributed by atoms with van der Waals surface area (Å²) in [7, 11) is 3.18. The number of hydrogen-bond donors (Lipinski definition) is 0. The summed E-state index contributed by atoms with van der Waals surface area (Å²) < 4.78 is 16.0. The minimum absolute atomic E-state index is 0.0848. The maximum Gasteiger partial charge on any atom is 0.331 e. The highest BCUT2D eigenvalue weighted by atomic mass is 35.5. The van der Waals surface area contributed by atoms with Crippen LogP contribution in [-0.4, -0.2) is 25.2 Å². The molecule has 5 nitrogen and oxygen atoms in total. The van der Waals surface area contributed by atoms with Crippen LogP contribution in [0.2, 0.25) is 5.02 Å². The average Bonchev–Trinajstić information content (AvgIpc) is 3.19. The van der Waals surface area contributed by atoms with Crippen LogP contribution >= 0.6 is 22.9 Å². The number of carbonyl (C=O) groups excluding carboxylic acids is 1. The van der Waals surface area contributed by atoms with Crippen molar-refractivity contribution in [3.63, 3.8) is 0 Å². The number of nitrogens with zero attached hydrogens (tertiary/aromatic N) is 1. The van der Waals surface area contributed by atoms with Gasteiger partial charge in [0.2, 0.25) is 0 Å². The number of para-hydroxylation sites is 1. The molecule has 144 valence electrons. The quantitative estimate of drug-likeness (QED) is 0.390. The van der Waals surface area contributed by atoms with E-state index < -0.39 is 5.97 Å². The Balaban J connectivity index is 1.65. The number of aromatic nitrogens is 1. The molecule has 0 bridgehead atoms. The highest BCUT2D eigenvalue weighted by Crippen LogP contribution is 2.39. The molecule has 0 aliphatic rings. The minimum Gasteiger partial charge on any atom is -0.493 e. The maximum absolute atomic E-state index is 11.9. The number of hydrogen-bond acceptors (Lipinski definition) is 6. The van der Waals surface area contributed by atoms with E-state index in [2.05, 4.69) is 4.98 Å². The van der Waals surface area contributed by atoms with Crippen molar-refractivity contribution in [2.75, 3.05) is 14.2 Å². The predicted molar refractivity (Wildman–Crippen MR) is 111 cm³/mol. The van der Waals surface area contributed by atoms with Crippen molar-refractivity contribution in [3.05, 3.63) is 70.2 Å². The molecule has 1 heterocycles. The molecule has 0 spiro atoms. The van der Waals surface area contributed by atoms with Crippen LogP contribution in [0.3, 0.4) is 0 Å². The second-order valence-corrected chi connectivity index (χ2v) is 6.98. The first-order valence-corrected chi connectivity index (χ1v) is 9.62. The Kier molecular flexibility index (Phi) is 6.68. The molecule has 0 atom stereocenters. The van der Waals surface area contributed by atoms with E-state index in [0.717, 1.165) is 16.1 Å². The lowest BCUT2D eigenvalue weighted by Gasteiger charge is -2.10. The molecule has 0 aliphatic carbocycles. The Morgan fingerprint density at radius 2 is 2.00 bits per heavy atom. The van der Waals surface area contributed by atoms with Crippen LogP contribution in [0.5, 0.6) is 11.5 Å². The van der Waals surface area contributed by atoms with Gasteiger partial charge in [0.1, 0.15) is 11.6 Å². The molecule has 0 amide bonds. The van der Waals surface area contributed by atoms with Crippen molar-refractivity contribution < 1.29 is 19.0 Å². The predicted octanol–water partition coefficient (Wildman–Crippen LogP) is 5.24. The van der Waals surface area contributed by atoms with Crippen LogP contribution in [0.1, 0.15) is 11.3 Å². The van der Waals surface area contributed by atoms with Crippen LogP contribution in [0.15, 0.2) is 53.9 Å². The molecule has 0 radical (unpaired) electrons. The standard InChI is InChI=1S/C21H18ClNO4S/c1-25-18-8-4-7-17(20(18)26-2)21-23-16(13-28-21)12-27-19(24)10-9-14-5-3-6-15(22)11-14/h3-11,13H,12H2,1-2H3/b10-9+. The van der Waals surface area contributed by atoms with Gasteiger partial charge in [-0.25, -0.2) is 9.78 Å². The van der Waals surface area contributed by atoms with E-state index >= 15 is 0 Å².